The fourth-order valence-electron chi connectivity index (χ4n) is 2.72. The lowest BCUT2D eigenvalue weighted by atomic mass is 9.99. The number of rotatable bonds is 6. The second-order valence-electron chi connectivity index (χ2n) is 8.56. The van der Waals surface area contributed by atoms with E-state index in [4.69, 9.17) is 65.4 Å². The number of hydrogen-bond acceptors (Lipinski definition) is 12. The summed E-state index contributed by atoms with van der Waals surface area (Å²) in [4.78, 5) is 61.1. The third-order valence-electron chi connectivity index (χ3n) is 4.05. The number of para-hydroxylation sites is 1. The first-order chi connectivity index (χ1) is 22.3. The van der Waals surface area contributed by atoms with Crippen molar-refractivity contribution in [1.29, 1.82) is 0 Å². The first kappa shape index (κ1) is 49.6. The topological polar surface area (TPSA) is 293 Å². The largest absolute Gasteiger partial charge is 0.481 e. The molecule has 1 heterocycles. The first-order valence-electron chi connectivity index (χ1n) is 13.6. The highest BCUT2D eigenvalue weighted by molar-refractivity contribution is 7.78. The van der Waals surface area contributed by atoms with E-state index in [9.17, 15) is 4.79 Å². The molecule has 0 fully saturated rings. The van der Waals surface area contributed by atoms with Gasteiger partial charge < -0.3 is 46.7 Å². The molecule has 3 rings (SSSR count). The summed E-state index contributed by atoms with van der Waals surface area (Å²) in [6, 6.07) is 14.8. The van der Waals surface area contributed by atoms with Crippen molar-refractivity contribution in [2.75, 3.05) is 26.2 Å². The maximum atomic E-state index is 12.2. The molecule has 1 aromatic heterocycles. The van der Waals surface area contributed by atoms with Crippen LogP contribution in [0.4, 0.5) is 5.69 Å². The zero-order chi connectivity index (χ0) is 38.2. The number of aliphatic carboxylic acids is 5. The molecular formula is C31H44N4O12S. The van der Waals surface area contributed by atoms with E-state index in [1.165, 1.54) is 0 Å². The monoisotopic (exact) mass is 696 g/mol. The van der Waals surface area contributed by atoms with E-state index in [2.05, 4.69) is 27.7 Å². The Labute approximate surface area is 282 Å². The summed E-state index contributed by atoms with van der Waals surface area (Å²) in [5.74, 6) is -4.17. The van der Waals surface area contributed by atoms with Gasteiger partial charge in [0, 0.05) is 66.2 Å². The van der Waals surface area contributed by atoms with Crippen molar-refractivity contribution in [2.24, 2.45) is 16.5 Å². The van der Waals surface area contributed by atoms with Gasteiger partial charge in [-0.25, -0.2) is 4.79 Å². The molecule has 0 unspecified atom stereocenters. The van der Waals surface area contributed by atoms with Gasteiger partial charge in [-0.3, -0.25) is 24.0 Å². The molecule has 0 aliphatic heterocycles. The van der Waals surface area contributed by atoms with Crippen LogP contribution in [-0.4, -0.2) is 86.7 Å². The van der Waals surface area contributed by atoms with Crippen molar-refractivity contribution in [3.8, 4) is 11.1 Å². The van der Waals surface area contributed by atoms with Crippen LogP contribution in [-0.2, 0) is 24.0 Å². The molecule has 0 amide bonds. The van der Waals surface area contributed by atoms with Crippen LogP contribution < -0.4 is 22.4 Å². The highest BCUT2D eigenvalue weighted by Gasteiger charge is 2.12. The summed E-state index contributed by atoms with van der Waals surface area (Å²) >= 11 is 4.57. The fraction of sp³-hybridized carbons (Fsp3) is 0.323. The van der Waals surface area contributed by atoms with Gasteiger partial charge in [-0.2, -0.15) is 4.99 Å². The smallest absolute Gasteiger partial charge is 0.344 e. The summed E-state index contributed by atoms with van der Waals surface area (Å²) in [5.41, 5.74) is 13.6. The molecule has 0 radical (unpaired) electrons. The fourth-order valence-corrected chi connectivity index (χ4v) is 2.83. The van der Waals surface area contributed by atoms with E-state index in [0.717, 1.165) is 64.2 Å². The third-order valence-corrected chi connectivity index (χ3v) is 4.14. The minimum atomic E-state index is -0.833. The highest BCUT2D eigenvalue weighted by atomic mass is 32.1. The zero-order valence-corrected chi connectivity index (χ0v) is 28.4. The van der Waals surface area contributed by atoms with Crippen molar-refractivity contribution >= 4 is 63.9 Å². The van der Waals surface area contributed by atoms with Crippen molar-refractivity contribution < 1.29 is 53.9 Å². The Balaban J connectivity index is -0.000000295. The summed E-state index contributed by atoms with van der Waals surface area (Å²) in [6.07, 6.45) is 0. The number of aliphatic imine (C=N–C) groups is 1. The molecular weight excluding hydrogens is 652 g/mol. The van der Waals surface area contributed by atoms with E-state index >= 15 is 0 Å². The lowest BCUT2D eigenvalue weighted by molar-refractivity contribution is -0.135. The van der Waals surface area contributed by atoms with E-state index in [1.54, 1.807) is 18.2 Å². The van der Waals surface area contributed by atoms with Crippen molar-refractivity contribution in [2.45, 2.75) is 41.5 Å². The van der Waals surface area contributed by atoms with Crippen LogP contribution >= 0.6 is 12.2 Å². The number of nitrogens with zero attached hydrogens (tertiary/aromatic N) is 1. The second kappa shape index (κ2) is 31.7. The standard InChI is InChI=1S/C17H11NO2S.C4H13N3.5C2H4O2/c1-11-14-4-2-3-5-15(14)20-17(19)16(11)12-6-8-13(9-7-12)18-10-21;5-1-3-7-4-2-6;5*1-2(3)4/h2-9H,1H3;7H,1-6H2;5*1H3,(H,3,4). The highest BCUT2D eigenvalue weighted by Crippen LogP contribution is 2.27. The number of carboxylic acid groups (broad SMARTS) is 5. The number of aryl methyl sites for hydroxylation is 1. The Kier molecular flexibility index (Phi) is 32.7. The Hall–Kier alpha value is -5.32. The normalized spacial score (nSPS) is 8.50. The van der Waals surface area contributed by atoms with E-state index in [0.29, 0.717) is 29.9 Å². The molecule has 16 nitrogen and oxygen atoms in total. The lowest BCUT2D eigenvalue weighted by Gasteiger charge is -2.07. The number of hydrogen-bond donors (Lipinski definition) is 8. The summed E-state index contributed by atoms with van der Waals surface area (Å²) < 4.78 is 5.40. The number of benzene rings is 2. The van der Waals surface area contributed by atoms with E-state index in [1.807, 2.05) is 37.3 Å². The average Bonchev–Trinajstić information content (AvgIpc) is 2.93. The molecule has 17 heteroatoms. The number of fused-ring (bicyclic) bond motifs is 1. The Morgan fingerprint density at radius 3 is 1.48 bits per heavy atom. The molecule has 48 heavy (non-hydrogen) atoms. The number of nitrogens with two attached hydrogens (primary N) is 2. The van der Waals surface area contributed by atoms with Crippen molar-refractivity contribution in [3.05, 3.63) is 64.5 Å². The number of carboxylic acids is 5. The Morgan fingerprint density at radius 1 is 0.750 bits per heavy atom. The number of carbonyl (C=O) groups is 5. The van der Waals surface area contributed by atoms with Crippen LogP contribution in [0.25, 0.3) is 22.1 Å². The van der Waals surface area contributed by atoms with Crippen molar-refractivity contribution in [1.82, 2.24) is 5.32 Å². The molecule has 0 saturated heterocycles. The maximum Gasteiger partial charge on any atom is 0.344 e. The molecule has 0 saturated carbocycles. The van der Waals surface area contributed by atoms with Gasteiger partial charge in [0.2, 0.25) is 0 Å². The molecule has 266 valence electrons. The van der Waals surface area contributed by atoms with Gasteiger partial charge in [-0.15, -0.1) is 0 Å². The number of isothiocyanates is 1. The summed E-state index contributed by atoms with van der Waals surface area (Å²) in [5, 5.41) is 43.4. The van der Waals surface area contributed by atoms with Gasteiger partial charge in [0.25, 0.3) is 29.8 Å². The van der Waals surface area contributed by atoms with Crippen molar-refractivity contribution in [3.63, 3.8) is 0 Å². The Morgan fingerprint density at radius 2 is 1.12 bits per heavy atom. The first-order valence-corrected chi connectivity index (χ1v) is 14.0. The predicted molar refractivity (Wildman–Crippen MR) is 185 cm³/mol. The molecule has 3 aromatic rings. The quantitative estimate of drug-likeness (QED) is 0.0792. The van der Waals surface area contributed by atoms with Crippen LogP contribution in [0.15, 0.2) is 62.7 Å². The predicted octanol–water partition coefficient (Wildman–Crippen LogP) is 3.45. The SMILES string of the molecule is CC(=O)O.CC(=O)O.CC(=O)O.CC(=O)O.CC(=O)O.Cc1c(-c2ccc(N=C=S)cc2)c(=O)oc2ccccc12.NCCNCCN. The van der Waals surface area contributed by atoms with Crippen LogP contribution in [0.3, 0.4) is 0 Å². The minimum absolute atomic E-state index is 0.336. The van der Waals surface area contributed by atoms with Gasteiger partial charge in [0.05, 0.1) is 16.4 Å². The van der Waals surface area contributed by atoms with Crippen LogP contribution in [0.5, 0.6) is 0 Å². The van der Waals surface area contributed by atoms with E-state index < -0.39 is 29.8 Å². The van der Waals surface area contributed by atoms with E-state index in [-0.39, 0.29) is 5.63 Å². The molecule has 0 spiro atoms. The maximum absolute atomic E-state index is 12.2. The number of nitrogens with one attached hydrogen (secondary N) is 1. The van der Waals surface area contributed by atoms with Crippen LogP contribution in [0.2, 0.25) is 0 Å². The molecule has 0 aliphatic rings. The third kappa shape index (κ3) is 35.2. The van der Waals surface area contributed by atoms with Gasteiger partial charge >= 0.3 is 5.63 Å². The lowest BCUT2D eigenvalue weighted by Crippen LogP contribution is -2.27. The Bertz CT molecular complexity index is 1410. The molecule has 10 N–H and O–H groups in total. The second-order valence-corrected chi connectivity index (χ2v) is 8.74. The zero-order valence-electron chi connectivity index (χ0n) is 27.6. The summed E-state index contributed by atoms with van der Waals surface area (Å²) in [6.45, 7) is 10.5. The van der Waals surface area contributed by atoms with Crippen LogP contribution in [0.1, 0.15) is 40.2 Å². The molecule has 2 aromatic carbocycles. The summed E-state index contributed by atoms with van der Waals surface area (Å²) in [7, 11) is 0. The molecule has 0 atom stereocenters. The minimum Gasteiger partial charge on any atom is -0.481 e. The average molecular weight is 697 g/mol. The molecule has 0 aliphatic carbocycles. The van der Waals surface area contributed by atoms with Gasteiger partial charge in [-0.05, 0) is 48.5 Å². The van der Waals surface area contributed by atoms with Gasteiger partial charge in [0.1, 0.15) is 5.58 Å². The van der Waals surface area contributed by atoms with Crippen LogP contribution in [0, 0.1) is 6.92 Å². The van der Waals surface area contributed by atoms with Gasteiger partial charge in [-0.1, -0.05) is 30.3 Å². The molecule has 0 bridgehead atoms. The number of thiocarbonyl (C=S) groups is 1. The van der Waals surface area contributed by atoms with Gasteiger partial charge in [0.15, 0.2) is 0 Å².